The zero-order valence-corrected chi connectivity index (χ0v) is 18.0. The quantitative estimate of drug-likeness (QED) is 0.322. The molecule has 3 aromatic rings. The van der Waals surface area contributed by atoms with E-state index in [2.05, 4.69) is 4.90 Å². The molecule has 1 aliphatic rings. The third-order valence-corrected chi connectivity index (χ3v) is 5.85. The molecule has 0 amide bonds. The van der Waals surface area contributed by atoms with Crippen molar-refractivity contribution in [3.8, 4) is 16.9 Å². The summed E-state index contributed by atoms with van der Waals surface area (Å²) in [5.74, 6) is -1.79. The molecule has 0 fully saturated rings. The van der Waals surface area contributed by atoms with Gasteiger partial charge in [-0.2, -0.15) is 0 Å². The highest BCUT2D eigenvalue weighted by atomic mass is 16.5. The average molecular weight is 445 g/mol. The Morgan fingerprint density at radius 3 is 2.42 bits per heavy atom. The van der Waals surface area contributed by atoms with Crippen LogP contribution in [0.5, 0.6) is 5.75 Å². The molecule has 0 atom stereocenters. The van der Waals surface area contributed by atoms with Crippen LogP contribution in [0, 0.1) is 5.41 Å². The topological polar surface area (TPSA) is 137 Å². The number of aromatic carboxylic acids is 2. The number of hydrogen-bond donors (Lipinski definition) is 4. The number of hydrogen-bond acceptors (Lipinski definition) is 5. The first-order valence-corrected chi connectivity index (χ1v) is 10.3. The molecular formula is C25H23N3O5. The van der Waals surface area contributed by atoms with Gasteiger partial charge in [-0.3, -0.25) is 5.41 Å². The predicted octanol–water partition coefficient (Wildman–Crippen LogP) is 3.61. The summed E-state index contributed by atoms with van der Waals surface area (Å²) < 4.78 is 5.17. The van der Waals surface area contributed by atoms with Gasteiger partial charge in [0.1, 0.15) is 11.6 Å². The fourth-order valence-corrected chi connectivity index (χ4v) is 4.17. The fraction of sp³-hybridized carbons (Fsp3) is 0.160. The van der Waals surface area contributed by atoms with Crippen molar-refractivity contribution < 1.29 is 24.5 Å². The molecule has 1 aliphatic heterocycles. The van der Waals surface area contributed by atoms with E-state index in [1.165, 1.54) is 25.3 Å². The summed E-state index contributed by atoms with van der Waals surface area (Å²) in [7, 11) is 1.46. The number of benzene rings is 3. The van der Waals surface area contributed by atoms with Crippen LogP contribution in [0.1, 0.15) is 37.4 Å². The fourth-order valence-electron chi connectivity index (χ4n) is 4.17. The second-order valence-corrected chi connectivity index (χ2v) is 7.82. The van der Waals surface area contributed by atoms with Gasteiger partial charge in [0, 0.05) is 24.3 Å². The van der Waals surface area contributed by atoms with Crippen LogP contribution in [0.15, 0.2) is 54.6 Å². The number of rotatable bonds is 7. The van der Waals surface area contributed by atoms with E-state index in [1.54, 1.807) is 24.3 Å². The van der Waals surface area contributed by atoms with Gasteiger partial charge in [0.05, 0.1) is 18.2 Å². The number of nitrogens with two attached hydrogens (primary N) is 1. The van der Waals surface area contributed by atoms with E-state index in [-0.39, 0.29) is 17.0 Å². The second kappa shape index (κ2) is 8.66. The minimum Gasteiger partial charge on any atom is -0.497 e. The summed E-state index contributed by atoms with van der Waals surface area (Å²) >= 11 is 0. The summed E-state index contributed by atoms with van der Waals surface area (Å²) in [6, 6.07) is 15.2. The van der Waals surface area contributed by atoms with Crippen molar-refractivity contribution in [2.24, 2.45) is 5.73 Å². The maximum Gasteiger partial charge on any atom is 0.336 e. The van der Waals surface area contributed by atoms with Gasteiger partial charge < -0.3 is 25.6 Å². The molecule has 0 aromatic heterocycles. The number of ether oxygens (including phenoxy) is 1. The Kier molecular flexibility index (Phi) is 5.74. The lowest BCUT2D eigenvalue weighted by Gasteiger charge is -2.22. The monoisotopic (exact) mass is 445 g/mol. The Morgan fingerprint density at radius 2 is 1.76 bits per heavy atom. The molecule has 5 N–H and O–H groups in total. The molecule has 0 saturated carbocycles. The van der Waals surface area contributed by atoms with Crippen molar-refractivity contribution in [1.82, 2.24) is 0 Å². The molecule has 8 nitrogen and oxygen atoms in total. The number of nitrogens with zero attached hydrogens (tertiary/aromatic N) is 1. The first kappa shape index (κ1) is 21.9. The Labute approximate surface area is 190 Å². The Bertz CT molecular complexity index is 1290. The van der Waals surface area contributed by atoms with Crippen molar-refractivity contribution in [1.29, 1.82) is 5.41 Å². The van der Waals surface area contributed by atoms with Gasteiger partial charge >= 0.3 is 11.9 Å². The third kappa shape index (κ3) is 4.23. The first-order valence-electron chi connectivity index (χ1n) is 10.3. The molecule has 0 radical (unpaired) electrons. The van der Waals surface area contributed by atoms with Crippen LogP contribution in [0.2, 0.25) is 0 Å². The third-order valence-electron chi connectivity index (χ3n) is 5.85. The molecule has 0 spiro atoms. The molecular weight excluding hydrogens is 422 g/mol. The van der Waals surface area contributed by atoms with Crippen LogP contribution in [-0.4, -0.2) is 41.6 Å². The van der Waals surface area contributed by atoms with E-state index in [0.29, 0.717) is 29.0 Å². The standard InChI is InChI=1S/C25H23N3O5/c1-33-18-5-6-19(21(12-18)25(31)32)20-11-16(24(29)30)2-3-17(20)13-28-9-8-14-10-15(23(26)27)4-7-22(14)28/h2-7,10-12H,8-9,13H2,1H3,(H3,26,27)(H,29,30)(H,31,32). The summed E-state index contributed by atoms with van der Waals surface area (Å²) in [6.45, 7) is 1.21. The van der Waals surface area contributed by atoms with Gasteiger partial charge in [0.15, 0.2) is 0 Å². The molecule has 168 valence electrons. The lowest BCUT2D eigenvalue weighted by Crippen LogP contribution is -2.20. The van der Waals surface area contributed by atoms with Crippen molar-refractivity contribution in [2.75, 3.05) is 18.6 Å². The van der Waals surface area contributed by atoms with Crippen LogP contribution in [0.25, 0.3) is 11.1 Å². The zero-order valence-electron chi connectivity index (χ0n) is 18.0. The van der Waals surface area contributed by atoms with Crippen molar-refractivity contribution in [3.05, 3.63) is 82.4 Å². The minimum absolute atomic E-state index is 0.0171. The number of nitrogen functional groups attached to an aromatic ring is 1. The summed E-state index contributed by atoms with van der Waals surface area (Å²) in [4.78, 5) is 25.8. The number of methoxy groups -OCH3 is 1. The maximum absolute atomic E-state index is 12.0. The molecule has 8 heteroatoms. The first-order chi connectivity index (χ1) is 15.8. The summed E-state index contributed by atoms with van der Waals surface area (Å²) in [6.07, 6.45) is 0.794. The predicted molar refractivity (Wildman–Crippen MR) is 125 cm³/mol. The lowest BCUT2D eigenvalue weighted by atomic mass is 9.93. The number of carbonyl (C=O) groups is 2. The zero-order chi connectivity index (χ0) is 23.7. The number of amidine groups is 1. The molecule has 1 heterocycles. The van der Waals surface area contributed by atoms with Gasteiger partial charge in [-0.05, 0) is 77.2 Å². The molecule has 33 heavy (non-hydrogen) atoms. The van der Waals surface area contributed by atoms with E-state index < -0.39 is 11.9 Å². The normalized spacial score (nSPS) is 12.3. The number of anilines is 1. The van der Waals surface area contributed by atoms with Crippen molar-refractivity contribution >= 4 is 23.5 Å². The van der Waals surface area contributed by atoms with E-state index in [4.69, 9.17) is 15.9 Å². The highest BCUT2D eigenvalue weighted by Gasteiger charge is 2.23. The van der Waals surface area contributed by atoms with Gasteiger partial charge in [-0.1, -0.05) is 6.07 Å². The van der Waals surface area contributed by atoms with Crippen molar-refractivity contribution in [3.63, 3.8) is 0 Å². The highest BCUT2D eigenvalue weighted by molar-refractivity contribution is 5.98. The molecule has 0 saturated heterocycles. The smallest absolute Gasteiger partial charge is 0.336 e. The summed E-state index contributed by atoms with van der Waals surface area (Å²) in [5.41, 5.74) is 10.3. The van der Waals surface area contributed by atoms with Crippen LogP contribution in [0.4, 0.5) is 5.69 Å². The van der Waals surface area contributed by atoms with E-state index >= 15 is 0 Å². The van der Waals surface area contributed by atoms with Gasteiger partial charge in [0.25, 0.3) is 0 Å². The number of carboxylic acid groups (broad SMARTS) is 2. The van der Waals surface area contributed by atoms with E-state index in [9.17, 15) is 19.8 Å². The largest absolute Gasteiger partial charge is 0.497 e. The van der Waals surface area contributed by atoms with Crippen LogP contribution < -0.4 is 15.4 Å². The Morgan fingerprint density at radius 1 is 1.00 bits per heavy atom. The summed E-state index contributed by atoms with van der Waals surface area (Å²) in [5, 5.41) is 27.0. The molecule has 0 bridgehead atoms. The average Bonchev–Trinajstić information content (AvgIpc) is 3.20. The molecule has 0 unspecified atom stereocenters. The van der Waals surface area contributed by atoms with E-state index in [1.807, 2.05) is 12.1 Å². The van der Waals surface area contributed by atoms with Gasteiger partial charge in [0.2, 0.25) is 0 Å². The molecule has 4 rings (SSSR count). The Hall–Kier alpha value is -4.33. The number of nitrogens with one attached hydrogen (secondary N) is 1. The number of fused-ring (bicyclic) bond motifs is 1. The second-order valence-electron chi connectivity index (χ2n) is 7.82. The van der Waals surface area contributed by atoms with E-state index in [0.717, 1.165) is 29.8 Å². The molecule has 0 aliphatic carbocycles. The lowest BCUT2D eigenvalue weighted by molar-refractivity contribution is 0.0687. The van der Waals surface area contributed by atoms with Gasteiger partial charge in [-0.25, -0.2) is 9.59 Å². The minimum atomic E-state index is -1.13. The van der Waals surface area contributed by atoms with Crippen LogP contribution >= 0.6 is 0 Å². The van der Waals surface area contributed by atoms with Crippen molar-refractivity contribution in [2.45, 2.75) is 13.0 Å². The number of carboxylic acids is 2. The van der Waals surface area contributed by atoms with Crippen LogP contribution in [0.3, 0.4) is 0 Å². The van der Waals surface area contributed by atoms with Gasteiger partial charge in [-0.15, -0.1) is 0 Å². The van der Waals surface area contributed by atoms with Crippen LogP contribution in [-0.2, 0) is 13.0 Å². The highest BCUT2D eigenvalue weighted by Crippen LogP contribution is 2.35. The molecule has 3 aromatic carbocycles. The SMILES string of the molecule is COc1ccc(-c2cc(C(=O)O)ccc2CN2CCc3cc(C(=N)N)ccc32)c(C(=O)O)c1. The maximum atomic E-state index is 12.0. The Balaban J connectivity index is 1.79.